The van der Waals surface area contributed by atoms with Crippen LogP contribution in [-0.2, 0) is 12.8 Å². The van der Waals surface area contributed by atoms with Crippen LogP contribution < -0.4 is 5.73 Å². The molecule has 0 bridgehead atoms. The lowest BCUT2D eigenvalue weighted by Gasteiger charge is -2.05. The molecule has 0 aromatic carbocycles. The maximum atomic E-state index is 5.86. The Morgan fingerprint density at radius 2 is 2.24 bits per heavy atom. The summed E-state index contributed by atoms with van der Waals surface area (Å²) in [5, 5.41) is 6.23. The van der Waals surface area contributed by atoms with Crippen LogP contribution in [0.15, 0.2) is 16.0 Å². The summed E-state index contributed by atoms with van der Waals surface area (Å²) in [6.45, 7) is 6.49. The van der Waals surface area contributed by atoms with Gasteiger partial charge in [-0.1, -0.05) is 25.9 Å². The highest BCUT2D eigenvalue weighted by molar-refractivity contribution is 7.13. The molecule has 2 rings (SSSR count). The van der Waals surface area contributed by atoms with Gasteiger partial charge in [-0.15, -0.1) is 11.3 Å². The van der Waals surface area contributed by atoms with E-state index >= 15 is 0 Å². The molecule has 0 aliphatic heterocycles. The monoisotopic (exact) mass is 250 g/mol. The molecule has 0 radical (unpaired) electrons. The number of aryl methyl sites for hydroxylation is 1. The number of anilines is 1. The van der Waals surface area contributed by atoms with Crippen molar-refractivity contribution in [2.45, 2.75) is 33.6 Å². The fourth-order valence-electron chi connectivity index (χ4n) is 1.93. The Balaban J connectivity index is 2.45. The van der Waals surface area contributed by atoms with E-state index in [1.54, 1.807) is 11.3 Å². The van der Waals surface area contributed by atoms with Gasteiger partial charge in [0, 0.05) is 5.56 Å². The zero-order valence-corrected chi connectivity index (χ0v) is 11.3. The smallest absolute Gasteiger partial charge is 0.225 e. The van der Waals surface area contributed by atoms with Crippen LogP contribution in [0.4, 0.5) is 5.88 Å². The standard InChI is InChI=1S/C13H18N2OS/c1-4-9-5-6-17-12(9)11-10(7-8(2)3)13(14)16-15-11/h5-6,8H,4,7,14H2,1-3H3. The minimum atomic E-state index is 0.462. The number of thiophene rings is 1. The van der Waals surface area contributed by atoms with E-state index in [4.69, 9.17) is 10.3 Å². The average Bonchev–Trinajstić information content (AvgIpc) is 2.86. The van der Waals surface area contributed by atoms with Crippen molar-refractivity contribution in [3.63, 3.8) is 0 Å². The molecule has 2 heterocycles. The zero-order chi connectivity index (χ0) is 12.4. The first-order valence-corrected chi connectivity index (χ1v) is 6.82. The van der Waals surface area contributed by atoms with Gasteiger partial charge in [-0.05, 0) is 35.8 Å². The summed E-state index contributed by atoms with van der Waals surface area (Å²) in [6.07, 6.45) is 1.92. The summed E-state index contributed by atoms with van der Waals surface area (Å²) in [5.74, 6) is 1.00. The molecular weight excluding hydrogens is 232 g/mol. The van der Waals surface area contributed by atoms with Crippen molar-refractivity contribution >= 4 is 17.2 Å². The van der Waals surface area contributed by atoms with Crippen LogP contribution in [0.25, 0.3) is 10.6 Å². The molecule has 2 aromatic rings. The largest absolute Gasteiger partial charge is 0.367 e. The van der Waals surface area contributed by atoms with Crippen LogP contribution in [0.2, 0.25) is 0 Å². The van der Waals surface area contributed by atoms with E-state index in [0.717, 1.165) is 24.1 Å². The third-order valence-corrected chi connectivity index (χ3v) is 3.74. The fraction of sp³-hybridized carbons (Fsp3) is 0.462. The molecule has 0 saturated carbocycles. The lowest BCUT2D eigenvalue weighted by atomic mass is 10.0. The van der Waals surface area contributed by atoms with Crippen LogP contribution in [0.5, 0.6) is 0 Å². The quantitative estimate of drug-likeness (QED) is 0.899. The van der Waals surface area contributed by atoms with Crippen molar-refractivity contribution < 1.29 is 4.52 Å². The molecule has 0 saturated heterocycles. The van der Waals surface area contributed by atoms with Crippen LogP contribution in [-0.4, -0.2) is 5.16 Å². The van der Waals surface area contributed by atoms with Gasteiger partial charge in [-0.25, -0.2) is 0 Å². The molecule has 0 aliphatic rings. The van der Waals surface area contributed by atoms with Gasteiger partial charge in [0.1, 0.15) is 5.69 Å². The summed E-state index contributed by atoms with van der Waals surface area (Å²) in [4.78, 5) is 1.20. The normalized spacial score (nSPS) is 11.3. The number of rotatable bonds is 4. The second-order valence-corrected chi connectivity index (χ2v) is 5.52. The van der Waals surface area contributed by atoms with Crippen molar-refractivity contribution in [1.82, 2.24) is 5.16 Å². The third-order valence-electron chi connectivity index (χ3n) is 2.77. The second kappa shape index (κ2) is 4.92. The maximum absolute atomic E-state index is 5.86. The summed E-state index contributed by atoms with van der Waals surface area (Å²) < 4.78 is 5.15. The number of nitrogen functional groups attached to an aromatic ring is 1. The first-order chi connectivity index (χ1) is 8.13. The van der Waals surface area contributed by atoms with Crippen molar-refractivity contribution in [3.8, 4) is 10.6 Å². The molecule has 0 fully saturated rings. The molecule has 0 spiro atoms. The SMILES string of the molecule is CCc1ccsc1-c1noc(N)c1CC(C)C. The number of nitrogens with two attached hydrogens (primary N) is 1. The van der Waals surface area contributed by atoms with Gasteiger partial charge in [-0.2, -0.15) is 0 Å². The molecule has 3 nitrogen and oxygen atoms in total. The highest BCUT2D eigenvalue weighted by atomic mass is 32.1. The third kappa shape index (κ3) is 2.36. The molecule has 0 unspecified atom stereocenters. The summed E-state index contributed by atoms with van der Waals surface area (Å²) in [5.41, 5.74) is 9.16. The minimum Gasteiger partial charge on any atom is -0.367 e. The van der Waals surface area contributed by atoms with Crippen LogP contribution in [0.1, 0.15) is 31.9 Å². The van der Waals surface area contributed by atoms with E-state index in [1.165, 1.54) is 10.4 Å². The van der Waals surface area contributed by atoms with Gasteiger partial charge in [0.05, 0.1) is 4.88 Å². The van der Waals surface area contributed by atoms with Gasteiger partial charge in [0.15, 0.2) is 0 Å². The molecule has 0 aliphatic carbocycles. The van der Waals surface area contributed by atoms with Crippen LogP contribution >= 0.6 is 11.3 Å². The first kappa shape index (κ1) is 12.2. The lowest BCUT2D eigenvalue weighted by molar-refractivity contribution is 0.438. The van der Waals surface area contributed by atoms with E-state index in [-0.39, 0.29) is 0 Å². The van der Waals surface area contributed by atoms with Gasteiger partial charge in [0.2, 0.25) is 5.88 Å². The number of hydrogen-bond donors (Lipinski definition) is 1. The number of aromatic nitrogens is 1. The Morgan fingerprint density at radius 1 is 1.47 bits per heavy atom. The van der Waals surface area contributed by atoms with Crippen molar-refractivity contribution in [1.29, 1.82) is 0 Å². The Kier molecular flexibility index (Phi) is 3.52. The van der Waals surface area contributed by atoms with E-state index in [9.17, 15) is 0 Å². The Morgan fingerprint density at radius 3 is 2.88 bits per heavy atom. The number of hydrogen-bond acceptors (Lipinski definition) is 4. The first-order valence-electron chi connectivity index (χ1n) is 5.94. The fourth-order valence-corrected chi connectivity index (χ4v) is 2.93. The minimum absolute atomic E-state index is 0.462. The molecule has 17 heavy (non-hydrogen) atoms. The molecular formula is C13H18N2OS. The van der Waals surface area contributed by atoms with E-state index in [1.807, 2.05) is 0 Å². The summed E-state index contributed by atoms with van der Waals surface area (Å²) in [7, 11) is 0. The van der Waals surface area contributed by atoms with Gasteiger partial charge >= 0.3 is 0 Å². The van der Waals surface area contributed by atoms with E-state index < -0.39 is 0 Å². The Bertz CT molecular complexity index is 499. The average molecular weight is 250 g/mol. The van der Waals surface area contributed by atoms with Crippen LogP contribution in [0.3, 0.4) is 0 Å². The molecule has 2 aromatic heterocycles. The highest BCUT2D eigenvalue weighted by Crippen LogP contribution is 2.35. The van der Waals surface area contributed by atoms with E-state index in [2.05, 4.69) is 37.4 Å². The van der Waals surface area contributed by atoms with Crippen LogP contribution in [0, 0.1) is 5.92 Å². The van der Waals surface area contributed by atoms with E-state index in [0.29, 0.717) is 11.8 Å². The zero-order valence-electron chi connectivity index (χ0n) is 10.5. The predicted octanol–water partition coefficient (Wildman–Crippen LogP) is 3.75. The summed E-state index contributed by atoms with van der Waals surface area (Å²) >= 11 is 1.70. The lowest BCUT2D eigenvalue weighted by Crippen LogP contribution is -1.98. The molecule has 0 amide bonds. The van der Waals surface area contributed by atoms with Crippen molar-refractivity contribution in [2.24, 2.45) is 5.92 Å². The molecule has 4 heteroatoms. The van der Waals surface area contributed by atoms with Crippen molar-refractivity contribution in [2.75, 3.05) is 5.73 Å². The van der Waals surface area contributed by atoms with Gasteiger partial charge in [0.25, 0.3) is 0 Å². The number of nitrogens with zero attached hydrogens (tertiary/aromatic N) is 1. The van der Waals surface area contributed by atoms with Gasteiger partial charge < -0.3 is 10.3 Å². The van der Waals surface area contributed by atoms with Crippen molar-refractivity contribution in [3.05, 3.63) is 22.6 Å². The highest BCUT2D eigenvalue weighted by Gasteiger charge is 2.19. The Labute approximate surface area is 106 Å². The molecule has 0 atom stereocenters. The second-order valence-electron chi connectivity index (χ2n) is 4.60. The Hall–Kier alpha value is -1.29. The molecule has 92 valence electrons. The molecule has 2 N–H and O–H groups in total. The maximum Gasteiger partial charge on any atom is 0.225 e. The van der Waals surface area contributed by atoms with Gasteiger partial charge in [-0.3, -0.25) is 0 Å². The topological polar surface area (TPSA) is 52.0 Å². The predicted molar refractivity (Wildman–Crippen MR) is 72.1 cm³/mol. The summed E-state index contributed by atoms with van der Waals surface area (Å²) in [6, 6.07) is 2.14.